The van der Waals surface area contributed by atoms with Crippen molar-refractivity contribution in [2.45, 2.75) is 6.92 Å². The van der Waals surface area contributed by atoms with Gasteiger partial charge in [0.25, 0.3) is 0 Å². The Morgan fingerprint density at radius 3 is 1.55 bits per heavy atom. The molecule has 0 saturated heterocycles. The van der Waals surface area contributed by atoms with E-state index >= 15 is 0 Å². The van der Waals surface area contributed by atoms with Crippen molar-refractivity contribution >= 4 is 5.69 Å². The molecule has 0 amide bonds. The molecule has 66 valence electrons. The van der Waals surface area contributed by atoms with Crippen LogP contribution in [0.2, 0.25) is 0 Å². The van der Waals surface area contributed by atoms with Crippen molar-refractivity contribution in [1.29, 1.82) is 0 Å². The highest BCUT2D eigenvalue weighted by atomic mass is 19.0. The predicted molar refractivity (Wildman–Crippen MR) is 35.6 cm³/mol. The van der Waals surface area contributed by atoms with Crippen LogP contribution in [0, 0.1) is 6.92 Å². The lowest BCUT2D eigenvalue weighted by Crippen LogP contribution is -3.00. The first-order valence-electron chi connectivity index (χ1n) is 2.61. The molecule has 1 aromatic carbocycles. The average molecular weight is 164 g/mol. The minimum Gasteiger partial charge on any atom is -1.00 e. The zero-order valence-electron chi connectivity index (χ0n) is 6.02. The van der Waals surface area contributed by atoms with Crippen LogP contribution in [0.25, 0.3) is 0 Å². The second-order valence-corrected chi connectivity index (χ2v) is 1.91. The normalized spacial score (nSPS) is 6.64. The highest BCUT2D eigenvalue weighted by Crippen LogP contribution is 2.02. The van der Waals surface area contributed by atoms with Gasteiger partial charge in [0.05, 0.1) is 0 Å². The van der Waals surface area contributed by atoms with Gasteiger partial charge in [-0.25, -0.2) is 0 Å². The van der Waals surface area contributed by atoms with E-state index in [1.807, 2.05) is 31.2 Å². The van der Waals surface area contributed by atoms with E-state index in [0.717, 1.165) is 5.69 Å². The number of benzene rings is 1. The molecule has 2 N–H and O–H groups in total. The summed E-state index contributed by atoms with van der Waals surface area (Å²) in [6.45, 7) is 2.04. The van der Waals surface area contributed by atoms with Gasteiger partial charge in [-0.2, -0.15) is 0 Å². The van der Waals surface area contributed by atoms with E-state index in [4.69, 9.17) is 5.73 Å². The van der Waals surface area contributed by atoms with Crippen molar-refractivity contribution < 1.29 is 14.1 Å². The molecule has 0 atom stereocenters. The summed E-state index contributed by atoms with van der Waals surface area (Å²) in [5.41, 5.74) is 7.51. The zero-order chi connectivity index (χ0) is 5.98. The number of nitrogen functional groups attached to an aromatic ring is 1. The smallest absolute Gasteiger partial charge is 0.0314 e. The summed E-state index contributed by atoms with van der Waals surface area (Å²) in [7, 11) is 0. The van der Waals surface area contributed by atoms with Gasteiger partial charge in [0.15, 0.2) is 0 Å². The summed E-state index contributed by atoms with van der Waals surface area (Å²) in [5.74, 6) is 0. The van der Waals surface area contributed by atoms with Crippen molar-refractivity contribution in [3.8, 4) is 0 Å². The summed E-state index contributed by atoms with van der Waals surface area (Å²) >= 11 is 0. The molecule has 0 unspecified atom stereocenters. The van der Waals surface area contributed by atoms with Crippen LogP contribution in [0.4, 0.5) is 5.69 Å². The van der Waals surface area contributed by atoms with Gasteiger partial charge in [0, 0.05) is 5.69 Å². The first-order valence-corrected chi connectivity index (χ1v) is 2.61. The molecule has 1 aromatic rings. The molecule has 0 aliphatic heterocycles. The molecule has 11 heavy (non-hydrogen) atoms. The number of nitrogens with two attached hydrogens (primary N) is 1. The van der Waals surface area contributed by atoms with Gasteiger partial charge < -0.3 is 19.8 Å². The molecule has 1 rings (SSSR count). The number of aryl methyl sites for hydroxylation is 1. The Labute approximate surface area is 63.3 Å². The third kappa shape index (κ3) is 5.26. The van der Waals surface area contributed by atoms with Crippen LogP contribution in [-0.2, 0) is 0 Å². The van der Waals surface area contributed by atoms with E-state index in [0.29, 0.717) is 0 Å². The topological polar surface area (TPSA) is 26.0 Å². The Morgan fingerprint density at radius 2 is 1.27 bits per heavy atom. The van der Waals surface area contributed by atoms with Crippen molar-refractivity contribution in [3.63, 3.8) is 0 Å². The Bertz CT molecular complexity index is 153. The second-order valence-electron chi connectivity index (χ2n) is 1.91. The Balaban J connectivity index is -0.000000213. The third-order valence-corrected chi connectivity index (χ3v) is 1.08. The van der Waals surface area contributed by atoms with Crippen molar-refractivity contribution in [2.75, 3.05) is 5.73 Å². The molecule has 0 aliphatic carbocycles. The molecule has 0 radical (unpaired) electrons. The van der Waals surface area contributed by atoms with E-state index in [-0.39, 0.29) is 14.1 Å². The number of hydrogen-bond acceptors (Lipinski definition) is 1. The van der Waals surface area contributed by atoms with Gasteiger partial charge in [-0.15, -0.1) is 0 Å². The van der Waals surface area contributed by atoms with E-state index in [9.17, 15) is 0 Å². The molecule has 0 aromatic heterocycles. The molecule has 0 aliphatic rings. The van der Waals surface area contributed by atoms with Crippen LogP contribution in [-0.4, -0.2) is 0 Å². The summed E-state index contributed by atoms with van der Waals surface area (Å²) in [4.78, 5) is 0. The maximum atomic E-state index is 5.43. The highest BCUT2D eigenvalue weighted by molar-refractivity contribution is 5.38. The number of halogens is 3. The Kier molecular flexibility index (Phi) is 10.3. The van der Waals surface area contributed by atoms with Crippen LogP contribution < -0.4 is 19.8 Å². The molecule has 4 heteroatoms. The van der Waals surface area contributed by atoms with Crippen molar-refractivity contribution in [1.82, 2.24) is 0 Å². The van der Waals surface area contributed by atoms with Crippen LogP contribution in [0.15, 0.2) is 24.3 Å². The summed E-state index contributed by atoms with van der Waals surface area (Å²) in [6, 6.07) is 7.79. The number of hydrogen-bond donors (Lipinski definition) is 1. The van der Waals surface area contributed by atoms with E-state index in [1.165, 1.54) is 5.56 Å². The van der Waals surface area contributed by atoms with Gasteiger partial charge in [-0.1, -0.05) is 17.7 Å². The van der Waals surface area contributed by atoms with Crippen molar-refractivity contribution in [3.05, 3.63) is 29.8 Å². The molecular weight excluding hydrogens is 155 g/mol. The fourth-order valence-electron chi connectivity index (χ4n) is 0.566. The lowest BCUT2D eigenvalue weighted by atomic mass is 10.2. The highest BCUT2D eigenvalue weighted by Gasteiger charge is 1.80. The van der Waals surface area contributed by atoms with E-state index < -0.39 is 0 Å². The predicted octanol–water partition coefficient (Wildman–Crippen LogP) is -7.41. The Morgan fingerprint density at radius 1 is 0.909 bits per heavy atom. The van der Waals surface area contributed by atoms with Crippen LogP contribution >= 0.6 is 0 Å². The minimum atomic E-state index is 0. The molecule has 0 fully saturated rings. The van der Waals surface area contributed by atoms with E-state index in [2.05, 4.69) is 0 Å². The van der Waals surface area contributed by atoms with Gasteiger partial charge in [0.2, 0.25) is 0 Å². The fourth-order valence-corrected chi connectivity index (χ4v) is 0.566. The molecule has 1 nitrogen and oxygen atoms in total. The minimum absolute atomic E-state index is 0. The average Bonchev–Trinajstić information content (AvgIpc) is 1.77. The first-order chi connectivity index (χ1) is 3.79. The Hall–Kier alpha value is -1.19. The van der Waals surface area contributed by atoms with Crippen LogP contribution in [0.5, 0.6) is 0 Å². The van der Waals surface area contributed by atoms with Crippen LogP contribution in [0.1, 0.15) is 5.56 Å². The van der Waals surface area contributed by atoms with Gasteiger partial charge in [0.1, 0.15) is 0 Å². The second kappa shape index (κ2) is 6.92. The molecule has 0 spiro atoms. The number of anilines is 1. The summed E-state index contributed by atoms with van der Waals surface area (Å²) < 4.78 is 0. The molecular formula is C7H9F3N-3. The largest absolute Gasteiger partial charge is 1.00 e. The maximum absolute atomic E-state index is 5.43. The molecule has 0 heterocycles. The molecule has 0 saturated carbocycles. The molecule has 0 bridgehead atoms. The van der Waals surface area contributed by atoms with Crippen molar-refractivity contribution in [2.24, 2.45) is 0 Å². The zero-order valence-corrected chi connectivity index (χ0v) is 6.02. The van der Waals surface area contributed by atoms with Gasteiger partial charge in [-0.3, -0.25) is 0 Å². The third-order valence-electron chi connectivity index (χ3n) is 1.08. The van der Waals surface area contributed by atoms with E-state index in [1.54, 1.807) is 0 Å². The van der Waals surface area contributed by atoms with Gasteiger partial charge in [-0.05, 0) is 19.1 Å². The fraction of sp³-hybridized carbons (Fsp3) is 0.143. The SMILES string of the molecule is Cc1ccc(N)cc1.[F-].[F-].[F-]. The monoisotopic (exact) mass is 164 g/mol. The summed E-state index contributed by atoms with van der Waals surface area (Å²) in [6.07, 6.45) is 0. The van der Waals surface area contributed by atoms with Crippen LogP contribution in [0.3, 0.4) is 0 Å². The number of rotatable bonds is 0. The lowest BCUT2D eigenvalue weighted by Gasteiger charge is -1.90. The maximum Gasteiger partial charge on any atom is 0.0314 e. The standard InChI is InChI=1S/C7H9N.3FH/c1-6-2-4-7(8)5-3-6;;;/h2-5H,8H2,1H3;3*1H/p-3. The quantitative estimate of drug-likeness (QED) is 0.379. The lowest BCUT2D eigenvalue weighted by molar-refractivity contribution is -0.001000. The first kappa shape index (κ1) is 16.4. The van der Waals surface area contributed by atoms with Gasteiger partial charge >= 0.3 is 0 Å². The summed E-state index contributed by atoms with van der Waals surface area (Å²) in [5, 5.41) is 0.